The van der Waals surface area contributed by atoms with Gasteiger partial charge in [-0.3, -0.25) is 9.48 Å². The summed E-state index contributed by atoms with van der Waals surface area (Å²) in [6, 6.07) is 7.94. The number of aromatic nitrogens is 2. The number of carbonyl (C=O) groups is 1. The van der Waals surface area contributed by atoms with Gasteiger partial charge in [-0.05, 0) is 37.6 Å². The summed E-state index contributed by atoms with van der Waals surface area (Å²) in [5, 5.41) is 3.42. The highest BCUT2D eigenvalue weighted by Gasteiger charge is 2.33. The molecule has 2 rings (SSSR count). The topological polar surface area (TPSA) is 47.4 Å². The van der Waals surface area contributed by atoms with E-state index in [0.717, 1.165) is 22.5 Å². The Morgan fingerprint density at radius 3 is 2.64 bits per heavy atom. The second kappa shape index (κ2) is 7.58. The zero-order valence-electron chi connectivity index (χ0n) is 14.2. The van der Waals surface area contributed by atoms with Gasteiger partial charge in [0.2, 0.25) is 5.91 Å². The first-order valence-electron chi connectivity index (χ1n) is 7.80. The molecule has 0 aliphatic heterocycles. The van der Waals surface area contributed by atoms with Gasteiger partial charge in [-0.25, -0.2) is 0 Å². The van der Waals surface area contributed by atoms with Crippen molar-refractivity contribution in [3.05, 3.63) is 47.8 Å². The monoisotopic (exact) mass is 355 g/mol. The Hall–Kier alpha value is -2.51. The summed E-state index contributed by atoms with van der Waals surface area (Å²) in [6.07, 6.45) is -3.36. The number of rotatable bonds is 6. The van der Waals surface area contributed by atoms with Crippen LogP contribution in [-0.4, -0.2) is 34.2 Å². The zero-order chi connectivity index (χ0) is 18.6. The first-order valence-corrected chi connectivity index (χ1v) is 7.80. The Bertz CT molecular complexity index is 728. The van der Waals surface area contributed by atoms with Crippen molar-refractivity contribution in [3.8, 4) is 5.75 Å². The molecule has 1 heterocycles. The van der Waals surface area contributed by atoms with E-state index in [1.807, 2.05) is 32.0 Å². The SMILES string of the molecule is CCN(C(=O)Cn1ccc(C(F)(F)F)n1)[C@@H](C)c1cccc(OC)c1. The molecule has 25 heavy (non-hydrogen) atoms. The van der Waals surface area contributed by atoms with Crippen LogP contribution in [0, 0.1) is 0 Å². The van der Waals surface area contributed by atoms with Gasteiger partial charge in [0.15, 0.2) is 5.69 Å². The molecule has 0 saturated heterocycles. The van der Waals surface area contributed by atoms with E-state index in [-0.39, 0.29) is 18.5 Å². The first-order chi connectivity index (χ1) is 11.8. The number of ether oxygens (including phenoxy) is 1. The van der Waals surface area contributed by atoms with E-state index in [1.54, 1.807) is 18.1 Å². The average Bonchev–Trinajstić information content (AvgIpc) is 3.04. The second-order valence-electron chi connectivity index (χ2n) is 5.53. The molecular weight excluding hydrogens is 335 g/mol. The van der Waals surface area contributed by atoms with Crippen LogP contribution in [0.5, 0.6) is 5.75 Å². The van der Waals surface area contributed by atoms with Crippen LogP contribution in [0.15, 0.2) is 36.5 Å². The standard InChI is InChI=1S/C17H20F3N3O2/c1-4-23(12(2)13-6-5-7-14(10-13)25-3)16(24)11-22-9-8-15(21-22)17(18,19)20/h5-10,12H,4,11H2,1-3H3/t12-/m0/s1. The van der Waals surface area contributed by atoms with Crippen molar-refractivity contribution in [3.63, 3.8) is 0 Å². The number of hydrogen-bond donors (Lipinski definition) is 0. The average molecular weight is 355 g/mol. The fourth-order valence-electron chi connectivity index (χ4n) is 2.58. The van der Waals surface area contributed by atoms with Crippen molar-refractivity contribution in [1.29, 1.82) is 0 Å². The summed E-state index contributed by atoms with van der Waals surface area (Å²) < 4.78 is 44.0. The van der Waals surface area contributed by atoms with Crippen LogP contribution >= 0.6 is 0 Å². The third kappa shape index (κ3) is 4.52. The molecule has 1 atom stereocenters. The lowest BCUT2D eigenvalue weighted by molar-refractivity contribution is -0.142. The number of carbonyl (C=O) groups excluding carboxylic acids is 1. The number of nitrogens with zero attached hydrogens (tertiary/aromatic N) is 3. The highest BCUT2D eigenvalue weighted by Crippen LogP contribution is 2.27. The molecule has 8 heteroatoms. The van der Waals surface area contributed by atoms with Crippen LogP contribution in [0.3, 0.4) is 0 Å². The summed E-state index contributed by atoms with van der Waals surface area (Å²) in [7, 11) is 1.56. The van der Waals surface area contributed by atoms with Crippen LogP contribution in [0.25, 0.3) is 0 Å². The van der Waals surface area contributed by atoms with Gasteiger partial charge in [0.25, 0.3) is 0 Å². The quantitative estimate of drug-likeness (QED) is 0.797. The number of amides is 1. The predicted octanol–water partition coefficient (Wildman–Crippen LogP) is 3.52. The van der Waals surface area contributed by atoms with Crippen molar-refractivity contribution in [2.24, 2.45) is 0 Å². The van der Waals surface area contributed by atoms with E-state index in [0.29, 0.717) is 12.3 Å². The summed E-state index contributed by atoms with van der Waals surface area (Å²) >= 11 is 0. The van der Waals surface area contributed by atoms with Gasteiger partial charge in [-0.1, -0.05) is 12.1 Å². The van der Waals surface area contributed by atoms with Gasteiger partial charge in [0.1, 0.15) is 12.3 Å². The molecule has 0 fully saturated rings. The summed E-state index contributed by atoms with van der Waals surface area (Å²) in [5.41, 5.74) is -0.129. The molecule has 0 saturated carbocycles. The molecule has 0 N–H and O–H groups in total. The second-order valence-corrected chi connectivity index (χ2v) is 5.53. The Balaban J connectivity index is 2.13. The maximum Gasteiger partial charge on any atom is 0.435 e. The lowest BCUT2D eigenvalue weighted by atomic mass is 10.1. The van der Waals surface area contributed by atoms with Crippen molar-refractivity contribution >= 4 is 5.91 Å². The molecule has 2 aromatic rings. The number of likely N-dealkylation sites (N-methyl/N-ethyl adjacent to an activating group) is 1. The Kier molecular flexibility index (Phi) is 5.71. The highest BCUT2D eigenvalue weighted by molar-refractivity contribution is 5.76. The third-order valence-corrected chi connectivity index (χ3v) is 3.93. The molecule has 0 aliphatic rings. The summed E-state index contributed by atoms with van der Waals surface area (Å²) in [5.74, 6) is 0.365. The Labute approximate surface area is 144 Å². The maximum atomic E-state index is 12.6. The van der Waals surface area contributed by atoms with E-state index >= 15 is 0 Å². The van der Waals surface area contributed by atoms with Crippen LogP contribution < -0.4 is 4.74 Å². The summed E-state index contributed by atoms with van der Waals surface area (Å²) in [4.78, 5) is 14.1. The molecule has 0 aliphatic carbocycles. The lowest BCUT2D eigenvalue weighted by Crippen LogP contribution is -2.36. The number of alkyl halides is 3. The van der Waals surface area contributed by atoms with E-state index in [9.17, 15) is 18.0 Å². The highest BCUT2D eigenvalue weighted by atomic mass is 19.4. The van der Waals surface area contributed by atoms with E-state index < -0.39 is 11.9 Å². The normalized spacial score (nSPS) is 12.7. The van der Waals surface area contributed by atoms with Crippen LogP contribution in [-0.2, 0) is 17.5 Å². The predicted molar refractivity (Wildman–Crippen MR) is 86.0 cm³/mol. The summed E-state index contributed by atoms with van der Waals surface area (Å²) in [6.45, 7) is 3.85. The smallest absolute Gasteiger partial charge is 0.435 e. The van der Waals surface area contributed by atoms with Crippen LogP contribution in [0.1, 0.15) is 31.1 Å². The first kappa shape index (κ1) is 18.8. The molecule has 1 aromatic heterocycles. The van der Waals surface area contributed by atoms with E-state index in [4.69, 9.17) is 4.74 Å². The van der Waals surface area contributed by atoms with Gasteiger partial charge in [0.05, 0.1) is 13.2 Å². The van der Waals surface area contributed by atoms with Crippen LogP contribution in [0.4, 0.5) is 13.2 Å². The molecule has 0 radical (unpaired) electrons. The maximum absolute atomic E-state index is 12.6. The molecule has 136 valence electrons. The fraction of sp³-hybridized carbons (Fsp3) is 0.412. The molecular formula is C17H20F3N3O2. The minimum atomic E-state index is -4.52. The molecule has 1 aromatic carbocycles. The van der Waals surface area contributed by atoms with Gasteiger partial charge in [-0.15, -0.1) is 0 Å². The molecule has 0 spiro atoms. The number of halogens is 3. The largest absolute Gasteiger partial charge is 0.497 e. The van der Waals surface area contributed by atoms with Crippen molar-refractivity contribution in [2.75, 3.05) is 13.7 Å². The minimum absolute atomic E-state index is 0.245. The zero-order valence-corrected chi connectivity index (χ0v) is 14.2. The third-order valence-electron chi connectivity index (χ3n) is 3.93. The van der Waals surface area contributed by atoms with E-state index in [2.05, 4.69) is 5.10 Å². The Morgan fingerprint density at radius 1 is 1.36 bits per heavy atom. The van der Waals surface area contributed by atoms with Crippen molar-refractivity contribution < 1.29 is 22.7 Å². The van der Waals surface area contributed by atoms with Gasteiger partial charge >= 0.3 is 6.18 Å². The fourth-order valence-corrected chi connectivity index (χ4v) is 2.58. The minimum Gasteiger partial charge on any atom is -0.497 e. The molecule has 5 nitrogen and oxygen atoms in total. The van der Waals surface area contributed by atoms with E-state index in [1.165, 1.54) is 0 Å². The van der Waals surface area contributed by atoms with Crippen molar-refractivity contribution in [1.82, 2.24) is 14.7 Å². The van der Waals surface area contributed by atoms with Gasteiger partial charge in [0, 0.05) is 12.7 Å². The van der Waals surface area contributed by atoms with Gasteiger partial charge in [-0.2, -0.15) is 18.3 Å². The van der Waals surface area contributed by atoms with Gasteiger partial charge < -0.3 is 9.64 Å². The molecule has 0 unspecified atom stereocenters. The molecule has 1 amide bonds. The number of methoxy groups -OCH3 is 1. The lowest BCUT2D eigenvalue weighted by Gasteiger charge is -2.28. The number of benzene rings is 1. The number of hydrogen-bond acceptors (Lipinski definition) is 3. The van der Waals surface area contributed by atoms with Crippen LogP contribution in [0.2, 0.25) is 0 Å². The Morgan fingerprint density at radius 2 is 2.08 bits per heavy atom. The van der Waals surface area contributed by atoms with Crippen molar-refractivity contribution in [2.45, 2.75) is 32.6 Å². The molecule has 0 bridgehead atoms.